The first kappa shape index (κ1) is 24.9. The minimum atomic E-state index is -0.336. The number of nitrogens with zero attached hydrogens (tertiary/aromatic N) is 2. The van der Waals surface area contributed by atoms with Crippen LogP contribution in [0.3, 0.4) is 0 Å². The zero-order valence-electron chi connectivity index (χ0n) is 20.7. The van der Waals surface area contributed by atoms with Gasteiger partial charge in [-0.3, -0.25) is 9.59 Å². The van der Waals surface area contributed by atoms with Crippen molar-refractivity contribution in [2.45, 2.75) is 33.2 Å². The predicted octanol–water partition coefficient (Wildman–Crippen LogP) is 5.38. The monoisotopic (exact) mass is 486 g/mol. The SMILES string of the molecule is CCOC(=O)CCNC(=O)c1ccc(N[C@H](c2ccc(-c3nc4ccccc4o3)cc2)C(C)C)nc1. The molecule has 1 amide bonds. The van der Waals surface area contributed by atoms with E-state index in [1.807, 2.05) is 36.4 Å². The summed E-state index contributed by atoms with van der Waals surface area (Å²) >= 11 is 0. The average Bonchev–Trinajstić information content (AvgIpc) is 3.32. The third-order valence-corrected chi connectivity index (χ3v) is 5.73. The summed E-state index contributed by atoms with van der Waals surface area (Å²) in [5.41, 5.74) is 4.04. The second kappa shape index (κ2) is 11.5. The van der Waals surface area contributed by atoms with Gasteiger partial charge in [-0.25, -0.2) is 9.97 Å². The van der Waals surface area contributed by atoms with E-state index in [4.69, 9.17) is 9.15 Å². The number of nitrogens with one attached hydrogen (secondary N) is 2. The van der Waals surface area contributed by atoms with Crippen molar-refractivity contribution in [1.82, 2.24) is 15.3 Å². The fourth-order valence-corrected chi connectivity index (χ4v) is 3.85. The maximum absolute atomic E-state index is 12.3. The van der Waals surface area contributed by atoms with Crippen LogP contribution in [0, 0.1) is 5.92 Å². The Morgan fingerprint density at radius 1 is 1.03 bits per heavy atom. The normalized spacial score (nSPS) is 11.9. The van der Waals surface area contributed by atoms with E-state index in [1.54, 1.807) is 19.1 Å². The topological polar surface area (TPSA) is 106 Å². The molecule has 0 aliphatic rings. The van der Waals surface area contributed by atoms with E-state index in [1.165, 1.54) is 6.20 Å². The van der Waals surface area contributed by atoms with Gasteiger partial charge < -0.3 is 19.8 Å². The molecular formula is C28H30N4O4. The van der Waals surface area contributed by atoms with Crippen LogP contribution in [-0.4, -0.2) is 35.0 Å². The Bertz CT molecular complexity index is 1280. The Balaban J connectivity index is 1.40. The molecule has 8 heteroatoms. The molecule has 2 heterocycles. The van der Waals surface area contributed by atoms with Gasteiger partial charge in [-0.15, -0.1) is 0 Å². The van der Waals surface area contributed by atoms with Gasteiger partial charge in [-0.05, 0) is 54.8 Å². The second-order valence-electron chi connectivity index (χ2n) is 8.72. The molecule has 186 valence electrons. The Morgan fingerprint density at radius 3 is 2.47 bits per heavy atom. The Kier molecular flexibility index (Phi) is 7.95. The average molecular weight is 487 g/mol. The van der Waals surface area contributed by atoms with Crippen LogP contribution in [0.15, 0.2) is 71.3 Å². The number of benzene rings is 2. The van der Waals surface area contributed by atoms with Crippen LogP contribution in [0.25, 0.3) is 22.6 Å². The zero-order chi connectivity index (χ0) is 25.5. The summed E-state index contributed by atoms with van der Waals surface area (Å²) in [5.74, 6) is 0.924. The van der Waals surface area contributed by atoms with E-state index in [9.17, 15) is 9.59 Å². The van der Waals surface area contributed by atoms with Crippen LogP contribution in [-0.2, 0) is 9.53 Å². The highest BCUT2D eigenvalue weighted by atomic mass is 16.5. The number of amides is 1. The lowest BCUT2D eigenvalue weighted by Gasteiger charge is -2.23. The number of pyridine rings is 1. The van der Waals surface area contributed by atoms with E-state index < -0.39 is 0 Å². The minimum absolute atomic E-state index is 0.0134. The van der Waals surface area contributed by atoms with Gasteiger partial charge in [0.1, 0.15) is 11.3 Å². The first-order chi connectivity index (χ1) is 17.4. The highest BCUT2D eigenvalue weighted by Gasteiger charge is 2.18. The lowest BCUT2D eigenvalue weighted by atomic mass is 9.95. The molecule has 0 fully saturated rings. The van der Waals surface area contributed by atoms with Crippen molar-refractivity contribution in [3.63, 3.8) is 0 Å². The van der Waals surface area contributed by atoms with Crippen LogP contribution < -0.4 is 10.6 Å². The van der Waals surface area contributed by atoms with Gasteiger partial charge in [0.05, 0.1) is 24.6 Å². The van der Waals surface area contributed by atoms with Gasteiger partial charge >= 0.3 is 5.97 Å². The van der Waals surface area contributed by atoms with E-state index in [0.717, 1.165) is 22.2 Å². The molecular weight excluding hydrogens is 456 g/mol. The quantitative estimate of drug-likeness (QED) is 0.290. The fraction of sp³-hybridized carbons (Fsp3) is 0.286. The lowest BCUT2D eigenvalue weighted by molar-refractivity contribution is -0.142. The van der Waals surface area contributed by atoms with E-state index in [0.29, 0.717) is 23.9 Å². The number of carbonyl (C=O) groups excluding carboxylic acids is 2. The molecule has 36 heavy (non-hydrogen) atoms. The van der Waals surface area contributed by atoms with Crippen LogP contribution in [0.2, 0.25) is 0 Å². The molecule has 0 radical (unpaired) electrons. The highest BCUT2D eigenvalue weighted by molar-refractivity contribution is 5.94. The largest absolute Gasteiger partial charge is 0.466 e. The van der Waals surface area contributed by atoms with E-state index in [-0.39, 0.29) is 36.8 Å². The first-order valence-corrected chi connectivity index (χ1v) is 12.1. The summed E-state index contributed by atoms with van der Waals surface area (Å²) in [6.45, 7) is 6.56. The molecule has 2 aromatic carbocycles. The molecule has 2 N–H and O–H groups in total. The summed E-state index contributed by atoms with van der Waals surface area (Å²) in [4.78, 5) is 32.7. The smallest absolute Gasteiger partial charge is 0.307 e. The van der Waals surface area contributed by atoms with Gasteiger partial charge in [-0.2, -0.15) is 0 Å². The molecule has 0 aliphatic carbocycles. The summed E-state index contributed by atoms with van der Waals surface area (Å²) in [5, 5.41) is 6.18. The minimum Gasteiger partial charge on any atom is -0.466 e. The highest BCUT2D eigenvalue weighted by Crippen LogP contribution is 2.29. The molecule has 2 aromatic heterocycles. The summed E-state index contributed by atoms with van der Waals surface area (Å²) < 4.78 is 10.7. The number of fused-ring (bicyclic) bond motifs is 1. The number of para-hydroxylation sites is 2. The second-order valence-corrected chi connectivity index (χ2v) is 8.72. The number of oxazole rings is 1. The number of hydrogen-bond acceptors (Lipinski definition) is 7. The van der Waals surface area contributed by atoms with Gasteiger partial charge in [0.15, 0.2) is 5.58 Å². The third kappa shape index (κ3) is 6.07. The van der Waals surface area contributed by atoms with Crippen molar-refractivity contribution < 1.29 is 18.7 Å². The fourth-order valence-electron chi connectivity index (χ4n) is 3.85. The summed E-state index contributed by atoms with van der Waals surface area (Å²) in [7, 11) is 0. The number of ether oxygens (including phenoxy) is 1. The standard InChI is InChI=1S/C28H30N4O4/c1-4-35-25(33)15-16-29-27(34)21-13-14-24(30-17-21)32-26(18(2)3)19-9-11-20(12-10-19)28-31-22-7-5-6-8-23(22)36-28/h5-14,17-18,26H,4,15-16H2,1-3H3,(H,29,34)(H,30,32)/t26-/m0/s1. The van der Waals surface area contributed by atoms with Crippen LogP contribution in [0.1, 0.15) is 49.2 Å². The van der Waals surface area contributed by atoms with Gasteiger partial charge in [0.2, 0.25) is 5.89 Å². The van der Waals surface area contributed by atoms with E-state index >= 15 is 0 Å². The molecule has 0 bridgehead atoms. The van der Waals surface area contributed by atoms with Crippen LogP contribution in [0.4, 0.5) is 5.82 Å². The predicted molar refractivity (Wildman–Crippen MR) is 138 cm³/mol. The van der Waals surface area contributed by atoms with Crippen molar-refractivity contribution in [2.75, 3.05) is 18.5 Å². The number of aromatic nitrogens is 2. The molecule has 0 saturated heterocycles. The summed E-state index contributed by atoms with van der Waals surface area (Å²) in [6, 6.07) is 19.4. The van der Waals surface area contributed by atoms with Crippen LogP contribution in [0.5, 0.6) is 0 Å². The maximum atomic E-state index is 12.3. The molecule has 4 aromatic rings. The van der Waals surface area contributed by atoms with Gasteiger partial charge in [0.25, 0.3) is 5.91 Å². The summed E-state index contributed by atoms with van der Waals surface area (Å²) in [6.07, 6.45) is 1.66. The molecule has 0 spiro atoms. The Hall–Kier alpha value is -4.20. The number of hydrogen-bond donors (Lipinski definition) is 2. The number of rotatable bonds is 10. The molecule has 0 unspecified atom stereocenters. The Labute approximate surface area is 210 Å². The maximum Gasteiger partial charge on any atom is 0.307 e. The number of carbonyl (C=O) groups is 2. The molecule has 0 aliphatic heterocycles. The number of esters is 1. The Morgan fingerprint density at radius 2 is 1.81 bits per heavy atom. The van der Waals surface area contributed by atoms with Crippen molar-refractivity contribution >= 4 is 28.8 Å². The van der Waals surface area contributed by atoms with Gasteiger partial charge in [-0.1, -0.05) is 38.1 Å². The third-order valence-electron chi connectivity index (χ3n) is 5.73. The molecule has 8 nitrogen and oxygen atoms in total. The lowest BCUT2D eigenvalue weighted by Crippen LogP contribution is -2.26. The zero-order valence-corrected chi connectivity index (χ0v) is 20.7. The van der Waals surface area contributed by atoms with Crippen molar-refractivity contribution in [2.24, 2.45) is 5.92 Å². The molecule has 4 rings (SSSR count). The van der Waals surface area contributed by atoms with Crippen molar-refractivity contribution in [1.29, 1.82) is 0 Å². The molecule has 0 saturated carbocycles. The first-order valence-electron chi connectivity index (χ1n) is 12.1. The van der Waals surface area contributed by atoms with Crippen LogP contribution >= 0.6 is 0 Å². The number of anilines is 1. The van der Waals surface area contributed by atoms with Crippen molar-refractivity contribution in [3.05, 3.63) is 78.0 Å². The van der Waals surface area contributed by atoms with E-state index in [2.05, 4.69) is 46.6 Å². The molecule has 1 atom stereocenters. The van der Waals surface area contributed by atoms with Crippen molar-refractivity contribution in [3.8, 4) is 11.5 Å². The van der Waals surface area contributed by atoms with Gasteiger partial charge in [0, 0.05) is 18.3 Å².